The topological polar surface area (TPSA) is 112 Å². The average Bonchev–Trinajstić information content (AvgIpc) is 2.88. The maximum atomic E-state index is 12.5. The van der Waals surface area contributed by atoms with Crippen molar-refractivity contribution in [2.45, 2.75) is 39.1 Å². The van der Waals surface area contributed by atoms with Crippen LogP contribution in [0.2, 0.25) is 0 Å². The molecule has 3 unspecified atom stereocenters. The Morgan fingerprint density at radius 2 is 2.29 bits per heavy atom. The summed E-state index contributed by atoms with van der Waals surface area (Å²) in [5.74, 6) is -0.159. The number of carbonyl (C=O) groups excluding carboxylic acids is 1. The van der Waals surface area contributed by atoms with E-state index in [1.165, 1.54) is 17.7 Å². The second-order valence-electron chi connectivity index (χ2n) is 5.58. The summed E-state index contributed by atoms with van der Waals surface area (Å²) >= 11 is 0. The molecule has 1 aromatic heterocycles. The maximum absolute atomic E-state index is 12.5. The number of amides is 1. The number of rotatable bonds is 7. The second-order valence-corrected chi connectivity index (χ2v) is 5.58. The van der Waals surface area contributed by atoms with Crippen molar-refractivity contribution in [1.29, 1.82) is 0 Å². The van der Waals surface area contributed by atoms with E-state index in [-0.39, 0.29) is 32.1 Å². The molecule has 3 atom stereocenters. The Labute approximate surface area is 140 Å². The third-order valence-corrected chi connectivity index (χ3v) is 3.59. The summed E-state index contributed by atoms with van der Waals surface area (Å²) in [5.41, 5.74) is -0.649. The summed E-state index contributed by atoms with van der Waals surface area (Å²) in [6.07, 6.45) is -0.265. The minimum atomic E-state index is -1.12. The molecule has 1 amide bonds. The number of nitrogens with one attached hydrogen (secondary N) is 1. The first-order valence-corrected chi connectivity index (χ1v) is 7.71. The lowest BCUT2D eigenvalue weighted by molar-refractivity contribution is -0.119. The molecular weight excluding hydrogens is 318 g/mol. The number of hydrogen-bond donors (Lipinski definition) is 2. The Morgan fingerprint density at radius 1 is 1.54 bits per heavy atom. The number of aliphatic hydroxyl groups is 1. The standard InChI is InChI=1S/C15H23N3O6/c1-10-8-18(13-7-12(20)9-24-13)15(22)17(14(10)21)4-6-23-5-3-16-11(2)19/h8,12-13,20H,3-7,9H2,1-2H3,(H,16,19)/i9D. The average molecular weight is 342 g/mol. The van der Waals surface area contributed by atoms with Gasteiger partial charge in [0.1, 0.15) is 6.23 Å². The van der Waals surface area contributed by atoms with Crippen molar-refractivity contribution in [2.75, 3.05) is 26.3 Å². The Hall–Kier alpha value is -1.97. The Morgan fingerprint density at radius 3 is 2.92 bits per heavy atom. The van der Waals surface area contributed by atoms with E-state index in [0.717, 1.165) is 4.57 Å². The molecule has 0 spiro atoms. The fourth-order valence-corrected chi connectivity index (χ4v) is 2.40. The Kier molecular flexibility index (Phi) is 5.78. The first kappa shape index (κ1) is 16.9. The molecule has 9 nitrogen and oxygen atoms in total. The molecule has 2 N–H and O–H groups in total. The minimum Gasteiger partial charge on any atom is -0.391 e. The normalized spacial score (nSPS) is 24.0. The highest BCUT2D eigenvalue weighted by Gasteiger charge is 2.27. The maximum Gasteiger partial charge on any atom is 0.333 e. The van der Waals surface area contributed by atoms with Crippen LogP contribution in [0, 0.1) is 6.92 Å². The zero-order chi connectivity index (χ0) is 18.6. The fourth-order valence-electron chi connectivity index (χ4n) is 2.40. The molecule has 134 valence electrons. The van der Waals surface area contributed by atoms with Gasteiger partial charge in [0.05, 0.1) is 33.8 Å². The summed E-state index contributed by atoms with van der Waals surface area (Å²) in [4.78, 5) is 35.5. The number of hydrogen-bond acceptors (Lipinski definition) is 6. The Balaban J connectivity index is 2.06. The molecule has 0 aliphatic carbocycles. The van der Waals surface area contributed by atoms with Gasteiger partial charge >= 0.3 is 5.69 Å². The number of ether oxygens (including phenoxy) is 2. The molecule has 0 bridgehead atoms. The molecule has 0 aromatic carbocycles. The van der Waals surface area contributed by atoms with Crippen LogP contribution in [-0.2, 0) is 20.8 Å². The van der Waals surface area contributed by atoms with Crippen molar-refractivity contribution < 1.29 is 20.7 Å². The Bertz CT molecular complexity index is 721. The number of aryl methyl sites for hydroxylation is 1. The van der Waals surface area contributed by atoms with Crippen LogP contribution in [0.1, 0.15) is 26.5 Å². The molecule has 2 heterocycles. The molecule has 1 aliphatic rings. The third-order valence-electron chi connectivity index (χ3n) is 3.59. The largest absolute Gasteiger partial charge is 0.391 e. The molecular formula is C15H23N3O6. The smallest absolute Gasteiger partial charge is 0.333 e. The highest BCUT2D eigenvalue weighted by Crippen LogP contribution is 2.21. The molecule has 24 heavy (non-hydrogen) atoms. The van der Waals surface area contributed by atoms with Gasteiger partial charge in [0.25, 0.3) is 5.56 Å². The number of nitrogens with zero attached hydrogens (tertiary/aromatic N) is 2. The van der Waals surface area contributed by atoms with Gasteiger partial charge in [0.2, 0.25) is 5.91 Å². The van der Waals surface area contributed by atoms with Crippen molar-refractivity contribution in [3.63, 3.8) is 0 Å². The predicted octanol–water partition coefficient (Wildman–Crippen LogP) is -1.25. The monoisotopic (exact) mass is 342 g/mol. The molecule has 2 rings (SSSR count). The van der Waals surface area contributed by atoms with E-state index in [4.69, 9.17) is 10.8 Å². The summed E-state index contributed by atoms with van der Waals surface area (Å²) in [7, 11) is 0. The van der Waals surface area contributed by atoms with Crippen LogP contribution in [0.25, 0.3) is 0 Å². The van der Waals surface area contributed by atoms with Crippen LogP contribution < -0.4 is 16.6 Å². The van der Waals surface area contributed by atoms with Crippen molar-refractivity contribution in [3.05, 3.63) is 32.6 Å². The van der Waals surface area contributed by atoms with Gasteiger partial charge in [-0.2, -0.15) is 0 Å². The first-order chi connectivity index (χ1) is 11.8. The summed E-state index contributed by atoms with van der Waals surface area (Å²) in [5, 5.41) is 12.2. The van der Waals surface area contributed by atoms with Gasteiger partial charge in [-0.25, -0.2) is 4.79 Å². The van der Waals surface area contributed by atoms with Gasteiger partial charge in [-0.05, 0) is 6.92 Å². The van der Waals surface area contributed by atoms with Gasteiger partial charge in [-0.15, -0.1) is 0 Å². The quantitative estimate of drug-likeness (QED) is 0.599. The van der Waals surface area contributed by atoms with E-state index >= 15 is 0 Å². The van der Waals surface area contributed by atoms with E-state index < -0.39 is 30.2 Å². The van der Waals surface area contributed by atoms with E-state index in [9.17, 15) is 19.5 Å². The molecule has 1 saturated heterocycles. The number of aromatic nitrogens is 2. The van der Waals surface area contributed by atoms with Crippen molar-refractivity contribution in [3.8, 4) is 0 Å². The minimum absolute atomic E-state index is 0.0546. The van der Waals surface area contributed by atoms with E-state index in [2.05, 4.69) is 5.32 Å². The second kappa shape index (κ2) is 8.22. The lowest BCUT2D eigenvalue weighted by Gasteiger charge is -2.16. The van der Waals surface area contributed by atoms with Crippen LogP contribution in [0.15, 0.2) is 15.8 Å². The molecule has 1 aromatic rings. The highest BCUT2D eigenvalue weighted by molar-refractivity contribution is 5.72. The van der Waals surface area contributed by atoms with Crippen LogP contribution in [0.5, 0.6) is 0 Å². The van der Waals surface area contributed by atoms with Gasteiger partial charge in [-0.3, -0.25) is 18.7 Å². The van der Waals surface area contributed by atoms with Gasteiger partial charge in [0, 0.05) is 31.6 Å². The van der Waals surface area contributed by atoms with E-state index in [1.807, 2.05) is 0 Å². The molecule has 1 aliphatic heterocycles. The van der Waals surface area contributed by atoms with Gasteiger partial charge < -0.3 is 19.9 Å². The lowest BCUT2D eigenvalue weighted by Crippen LogP contribution is -2.43. The molecule has 0 radical (unpaired) electrons. The van der Waals surface area contributed by atoms with E-state index in [1.54, 1.807) is 6.92 Å². The van der Waals surface area contributed by atoms with Crippen molar-refractivity contribution in [2.24, 2.45) is 0 Å². The zero-order valence-electron chi connectivity index (χ0n) is 14.7. The van der Waals surface area contributed by atoms with Gasteiger partial charge in [-0.1, -0.05) is 0 Å². The molecule has 0 saturated carbocycles. The molecule has 1 fully saturated rings. The summed E-state index contributed by atoms with van der Waals surface area (Å²) < 4.78 is 20.4. The zero-order valence-corrected chi connectivity index (χ0v) is 13.7. The van der Waals surface area contributed by atoms with Crippen LogP contribution in [-0.4, -0.2) is 52.6 Å². The first-order valence-electron chi connectivity index (χ1n) is 8.29. The van der Waals surface area contributed by atoms with Crippen LogP contribution in [0.4, 0.5) is 0 Å². The number of carbonyl (C=O) groups is 1. The predicted molar refractivity (Wildman–Crippen MR) is 84.8 cm³/mol. The number of aliphatic hydroxyl groups excluding tert-OH is 1. The fraction of sp³-hybridized carbons (Fsp3) is 0.667. The van der Waals surface area contributed by atoms with Crippen molar-refractivity contribution in [1.82, 2.24) is 14.5 Å². The SMILES string of the molecule is [2H]C1OC(n2cc(C)c(=O)n(CCOCCNC(C)=O)c2=O)CC1O. The van der Waals surface area contributed by atoms with Gasteiger partial charge in [0.15, 0.2) is 0 Å². The summed E-state index contributed by atoms with van der Waals surface area (Å²) in [6.45, 7) is 2.67. The van der Waals surface area contributed by atoms with E-state index in [0.29, 0.717) is 12.1 Å². The van der Waals surface area contributed by atoms with Crippen LogP contribution in [0.3, 0.4) is 0 Å². The summed E-state index contributed by atoms with van der Waals surface area (Å²) in [6, 6.07) is 0. The lowest BCUT2D eigenvalue weighted by atomic mass is 10.3. The molecule has 9 heteroatoms. The van der Waals surface area contributed by atoms with Crippen LogP contribution >= 0.6 is 0 Å². The van der Waals surface area contributed by atoms with Crippen molar-refractivity contribution >= 4 is 5.91 Å². The highest BCUT2D eigenvalue weighted by atomic mass is 16.5. The third kappa shape index (κ3) is 4.53.